The van der Waals surface area contributed by atoms with E-state index < -0.39 is 0 Å². The number of piperidine rings is 2. The Kier molecular flexibility index (Phi) is 4.38. The van der Waals surface area contributed by atoms with Gasteiger partial charge in [0.05, 0.1) is 0 Å². The largest absolute Gasteiger partial charge is 0.356 e. The van der Waals surface area contributed by atoms with Gasteiger partial charge in [-0.15, -0.1) is 0 Å². The van der Waals surface area contributed by atoms with Gasteiger partial charge in [0.2, 0.25) is 0 Å². The van der Waals surface area contributed by atoms with Crippen LogP contribution in [0.4, 0.5) is 11.6 Å². The lowest BCUT2D eigenvalue weighted by Crippen LogP contribution is -2.46. The van der Waals surface area contributed by atoms with Crippen LogP contribution in [0, 0.1) is 0 Å². The van der Waals surface area contributed by atoms with Crippen LogP contribution >= 0.6 is 0 Å². The molecule has 5 heteroatoms. The monoisotopic (exact) mass is 275 g/mol. The third-order valence-corrected chi connectivity index (χ3v) is 4.58. The predicted molar refractivity (Wildman–Crippen MR) is 82.7 cm³/mol. The highest BCUT2D eigenvalue weighted by atomic mass is 15.3. The van der Waals surface area contributed by atoms with Crippen LogP contribution in [-0.2, 0) is 0 Å². The van der Waals surface area contributed by atoms with E-state index in [1.165, 1.54) is 45.2 Å². The summed E-state index contributed by atoms with van der Waals surface area (Å²) >= 11 is 0. The number of hydrogen-bond donors (Lipinski definition) is 2. The van der Waals surface area contributed by atoms with E-state index in [0.29, 0.717) is 0 Å². The van der Waals surface area contributed by atoms with Gasteiger partial charge in [-0.3, -0.25) is 0 Å². The zero-order valence-electron chi connectivity index (χ0n) is 12.1. The maximum atomic E-state index is 5.43. The van der Waals surface area contributed by atoms with Crippen molar-refractivity contribution in [2.75, 3.05) is 36.5 Å². The number of nitrogens with one attached hydrogen (secondary N) is 1. The minimum absolute atomic E-state index is 0.737. The molecule has 0 saturated carbocycles. The van der Waals surface area contributed by atoms with Gasteiger partial charge in [-0.1, -0.05) is 12.5 Å². The number of hydrogen-bond acceptors (Lipinski definition) is 5. The molecule has 3 N–H and O–H groups in total. The van der Waals surface area contributed by atoms with Gasteiger partial charge in [0.15, 0.2) is 0 Å². The van der Waals surface area contributed by atoms with E-state index >= 15 is 0 Å². The number of rotatable bonds is 3. The van der Waals surface area contributed by atoms with Crippen molar-refractivity contribution in [2.24, 2.45) is 5.84 Å². The van der Waals surface area contributed by atoms with Crippen LogP contribution in [-0.4, -0.2) is 42.1 Å². The van der Waals surface area contributed by atoms with Crippen LogP contribution in [0.25, 0.3) is 0 Å². The number of anilines is 2. The van der Waals surface area contributed by atoms with Gasteiger partial charge in [0.25, 0.3) is 0 Å². The van der Waals surface area contributed by atoms with E-state index in [9.17, 15) is 0 Å². The van der Waals surface area contributed by atoms with Crippen molar-refractivity contribution in [1.29, 1.82) is 0 Å². The Labute approximate surface area is 121 Å². The van der Waals surface area contributed by atoms with Crippen LogP contribution < -0.4 is 16.2 Å². The maximum absolute atomic E-state index is 5.43. The Bertz CT molecular complexity index is 422. The SMILES string of the molecule is NNc1cccc(N2CCC(N3CCCCC3)CC2)n1. The quantitative estimate of drug-likeness (QED) is 0.651. The summed E-state index contributed by atoms with van der Waals surface area (Å²) in [4.78, 5) is 9.61. The van der Waals surface area contributed by atoms with Crippen LogP contribution in [0.3, 0.4) is 0 Å². The van der Waals surface area contributed by atoms with E-state index in [1.54, 1.807) is 0 Å². The van der Waals surface area contributed by atoms with E-state index in [4.69, 9.17) is 5.84 Å². The Morgan fingerprint density at radius 2 is 1.80 bits per heavy atom. The standard InChI is InChI=1S/C15H25N5/c16-18-14-5-4-6-15(17-14)20-11-7-13(8-12-20)19-9-2-1-3-10-19/h4-6,13H,1-3,7-12,16H2,(H,17,18). The Balaban J connectivity index is 1.57. The summed E-state index contributed by atoms with van der Waals surface area (Å²) in [7, 11) is 0. The lowest BCUT2D eigenvalue weighted by atomic mass is 10.00. The molecule has 2 aliphatic heterocycles. The molecule has 110 valence electrons. The lowest BCUT2D eigenvalue weighted by molar-refractivity contribution is 0.141. The van der Waals surface area contributed by atoms with Gasteiger partial charge in [0, 0.05) is 19.1 Å². The number of aromatic nitrogens is 1. The maximum Gasteiger partial charge on any atom is 0.142 e. The van der Waals surface area contributed by atoms with E-state index in [-0.39, 0.29) is 0 Å². The summed E-state index contributed by atoms with van der Waals surface area (Å²) in [6, 6.07) is 6.75. The van der Waals surface area contributed by atoms with Crippen molar-refractivity contribution in [3.05, 3.63) is 18.2 Å². The Hall–Kier alpha value is -1.33. The number of pyridine rings is 1. The van der Waals surface area contributed by atoms with Gasteiger partial charge in [-0.2, -0.15) is 0 Å². The summed E-state index contributed by atoms with van der Waals surface area (Å²) in [6.45, 7) is 4.80. The number of likely N-dealkylation sites (tertiary alicyclic amines) is 1. The molecule has 20 heavy (non-hydrogen) atoms. The average molecular weight is 275 g/mol. The van der Waals surface area contributed by atoms with Crippen molar-refractivity contribution in [3.63, 3.8) is 0 Å². The summed E-state index contributed by atoms with van der Waals surface area (Å²) < 4.78 is 0. The smallest absolute Gasteiger partial charge is 0.142 e. The zero-order valence-corrected chi connectivity index (χ0v) is 12.1. The molecule has 0 aliphatic carbocycles. The minimum Gasteiger partial charge on any atom is -0.356 e. The first-order chi connectivity index (χ1) is 9.86. The second-order valence-corrected chi connectivity index (χ2v) is 5.84. The van der Waals surface area contributed by atoms with Gasteiger partial charge < -0.3 is 15.2 Å². The molecular weight excluding hydrogens is 250 g/mol. The average Bonchev–Trinajstić information content (AvgIpc) is 2.56. The molecule has 0 bridgehead atoms. The molecule has 1 aromatic rings. The van der Waals surface area contributed by atoms with Crippen molar-refractivity contribution in [1.82, 2.24) is 9.88 Å². The molecule has 1 aromatic heterocycles. The lowest BCUT2D eigenvalue weighted by Gasteiger charge is -2.40. The molecular formula is C15H25N5. The van der Waals surface area contributed by atoms with Crippen LogP contribution in [0.2, 0.25) is 0 Å². The van der Waals surface area contributed by atoms with Crippen molar-refractivity contribution < 1.29 is 0 Å². The fraction of sp³-hybridized carbons (Fsp3) is 0.667. The zero-order chi connectivity index (χ0) is 13.8. The first kappa shape index (κ1) is 13.6. The summed E-state index contributed by atoms with van der Waals surface area (Å²) in [6.07, 6.45) is 6.68. The second-order valence-electron chi connectivity index (χ2n) is 5.84. The van der Waals surface area contributed by atoms with Crippen LogP contribution in [0.1, 0.15) is 32.1 Å². The fourth-order valence-corrected chi connectivity index (χ4v) is 3.42. The summed E-state index contributed by atoms with van der Waals surface area (Å²) in [5, 5.41) is 0. The fourth-order valence-electron chi connectivity index (χ4n) is 3.42. The normalized spacial score (nSPS) is 21.9. The molecule has 3 heterocycles. The molecule has 3 rings (SSSR count). The highest BCUT2D eigenvalue weighted by molar-refractivity contribution is 5.46. The van der Waals surface area contributed by atoms with Crippen molar-refractivity contribution >= 4 is 11.6 Å². The highest BCUT2D eigenvalue weighted by Crippen LogP contribution is 2.24. The highest BCUT2D eigenvalue weighted by Gasteiger charge is 2.25. The molecule has 0 radical (unpaired) electrons. The molecule has 0 amide bonds. The van der Waals surface area contributed by atoms with Gasteiger partial charge in [0.1, 0.15) is 11.6 Å². The Morgan fingerprint density at radius 1 is 1.05 bits per heavy atom. The van der Waals surface area contributed by atoms with Crippen molar-refractivity contribution in [3.8, 4) is 0 Å². The molecule has 2 saturated heterocycles. The first-order valence-electron chi connectivity index (χ1n) is 7.79. The van der Waals surface area contributed by atoms with Gasteiger partial charge in [-0.05, 0) is 50.9 Å². The summed E-state index contributed by atoms with van der Waals surface area (Å²) in [5.74, 6) is 7.21. The minimum atomic E-state index is 0.737. The van der Waals surface area contributed by atoms with E-state index in [0.717, 1.165) is 30.8 Å². The van der Waals surface area contributed by atoms with Gasteiger partial charge >= 0.3 is 0 Å². The van der Waals surface area contributed by atoms with Gasteiger partial charge in [-0.25, -0.2) is 10.8 Å². The number of nitrogen functional groups attached to an aromatic ring is 1. The number of hydrazine groups is 1. The second kappa shape index (κ2) is 6.41. The Morgan fingerprint density at radius 3 is 2.50 bits per heavy atom. The molecule has 2 fully saturated rings. The van der Waals surface area contributed by atoms with Crippen molar-refractivity contribution in [2.45, 2.75) is 38.1 Å². The predicted octanol–water partition coefficient (Wildman–Crippen LogP) is 1.82. The molecule has 5 nitrogen and oxygen atoms in total. The van der Waals surface area contributed by atoms with Crippen LogP contribution in [0.15, 0.2) is 18.2 Å². The van der Waals surface area contributed by atoms with E-state index in [1.807, 2.05) is 12.1 Å². The third kappa shape index (κ3) is 3.04. The topological polar surface area (TPSA) is 57.4 Å². The molecule has 0 spiro atoms. The third-order valence-electron chi connectivity index (χ3n) is 4.58. The molecule has 0 unspecified atom stereocenters. The van der Waals surface area contributed by atoms with Crippen LogP contribution in [0.5, 0.6) is 0 Å². The molecule has 0 atom stereocenters. The number of nitrogens with zero attached hydrogens (tertiary/aromatic N) is 3. The van der Waals surface area contributed by atoms with E-state index in [2.05, 4.69) is 26.3 Å². The summed E-state index contributed by atoms with van der Waals surface area (Å²) in [5.41, 5.74) is 2.62. The first-order valence-corrected chi connectivity index (χ1v) is 7.79. The molecule has 2 aliphatic rings. The number of nitrogens with two attached hydrogens (primary N) is 1. The molecule has 0 aromatic carbocycles.